The number of aliphatic imine (C=N–C) groups is 1. The molecule has 11 heteroatoms. The van der Waals surface area contributed by atoms with Crippen molar-refractivity contribution in [2.24, 2.45) is 4.99 Å². The lowest BCUT2D eigenvalue weighted by Gasteiger charge is -2.25. The molecule has 0 fully saturated rings. The van der Waals surface area contributed by atoms with Crippen LogP contribution in [0.1, 0.15) is 37.8 Å². The second kappa shape index (κ2) is 13.6. The van der Waals surface area contributed by atoms with E-state index in [1.807, 2.05) is 11.6 Å². The number of aromatic nitrogens is 3. The fourth-order valence-electron chi connectivity index (χ4n) is 3.37. The van der Waals surface area contributed by atoms with Crippen LogP contribution in [-0.2, 0) is 29.1 Å². The minimum atomic E-state index is -0.0339. The molecule has 0 saturated heterocycles. The average Bonchev–Trinajstić information content (AvgIpc) is 3.15. The molecular weight excluding hydrogens is 545 g/mol. The molecule has 176 valence electrons. The Labute approximate surface area is 210 Å². The van der Waals surface area contributed by atoms with Gasteiger partial charge in [-0.15, -0.1) is 24.0 Å². The Bertz CT molecular complexity index is 889. The number of methoxy groups -OCH3 is 1. The first kappa shape index (κ1) is 26.3. The van der Waals surface area contributed by atoms with Crippen LogP contribution in [0.15, 0.2) is 29.3 Å². The first-order valence-electron chi connectivity index (χ1n) is 10.6. The van der Waals surface area contributed by atoms with Crippen molar-refractivity contribution in [1.82, 2.24) is 25.4 Å². The number of nitrogens with one attached hydrogen (secondary N) is 3. The Morgan fingerprint density at radius 2 is 2.12 bits per heavy atom. The van der Waals surface area contributed by atoms with Gasteiger partial charge in [0.1, 0.15) is 12.4 Å². The number of hydrogen-bond acceptors (Lipinski definition) is 5. The number of rotatable bonds is 9. The van der Waals surface area contributed by atoms with Gasteiger partial charge in [0.2, 0.25) is 5.91 Å². The molecule has 0 bridgehead atoms. The van der Waals surface area contributed by atoms with E-state index in [0.29, 0.717) is 31.0 Å². The Hall–Kier alpha value is -1.92. The molecule has 3 N–H and O–H groups in total. The highest BCUT2D eigenvalue weighted by Gasteiger charge is 2.22. The van der Waals surface area contributed by atoms with Crippen LogP contribution in [0.2, 0.25) is 5.02 Å². The molecule has 1 aliphatic heterocycles. The van der Waals surface area contributed by atoms with Crippen LogP contribution in [0.25, 0.3) is 0 Å². The molecule has 1 atom stereocenters. The zero-order chi connectivity index (χ0) is 22.1. The third kappa shape index (κ3) is 8.21. The predicted molar refractivity (Wildman–Crippen MR) is 137 cm³/mol. The smallest absolute Gasteiger partial charge is 0.224 e. The van der Waals surface area contributed by atoms with Gasteiger partial charge in [-0.2, -0.15) is 5.10 Å². The molecule has 1 unspecified atom stereocenters. The molecule has 1 aromatic heterocycles. The highest BCUT2D eigenvalue weighted by Crippen LogP contribution is 2.14. The van der Waals surface area contributed by atoms with Crippen LogP contribution < -0.4 is 16.0 Å². The SMILES string of the molecule is CCNC(=NCCCC(=O)Nc1ccc(Cl)cc1)NC1CCc2nc(COC)nn2C1.I. The second-order valence-electron chi connectivity index (χ2n) is 7.36. The monoisotopic (exact) mass is 575 g/mol. The van der Waals surface area contributed by atoms with Gasteiger partial charge in [0.25, 0.3) is 0 Å². The molecule has 1 aromatic carbocycles. The molecule has 3 rings (SSSR count). The molecule has 2 heterocycles. The van der Waals surface area contributed by atoms with Crippen molar-refractivity contribution >= 4 is 53.1 Å². The van der Waals surface area contributed by atoms with Crippen molar-refractivity contribution in [3.05, 3.63) is 40.9 Å². The van der Waals surface area contributed by atoms with E-state index in [1.165, 1.54) is 0 Å². The average molecular weight is 576 g/mol. The van der Waals surface area contributed by atoms with Gasteiger partial charge in [0, 0.05) is 49.8 Å². The summed E-state index contributed by atoms with van der Waals surface area (Å²) in [6.45, 7) is 4.52. The first-order valence-corrected chi connectivity index (χ1v) is 11.0. The summed E-state index contributed by atoms with van der Waals surface area (Å²) in [5.41, 5.74) is 0.742. The van der Waals surface area contributed by atoms with Crippen LogP contribution in [0, 0.1) is 0 Å². The third-order valence-corrected chi connectivity index (χ3v) is 5.07. The maximum Gasteiger partial charge on any atom is 0.224 e. The van der Waals surface area contributed by atoms with E-state index in [-0.39, 0.29) is 35.9 Å². The summed E-state index contributed by atoms with van der Waals surface area (Å²) < 4.78 is 7.07. The van der Waals surface area contributed by atoms with Crippen molar-refractivity contribution in [2.45, 2.75) is 51.8 Å². The highest BCUT2D eigenvalue weighted by molar-refractivity contribution is 14.0. The van der Waals surface area contributed by atoms with E-state index in [4.69, 9.17) is 16.3 Å². The number of guanidine groups is 1. The van der Waals surface area contributed by atoms with Gasteiger partial charge in [-0.05, 0) is 44.0 Å². The quantitative estimate of drug-likeness (QED) is 0.184. The normalized spacial score (nSPS) is 15.5. The summed E-state index contributed by atoms with van der Waals surface area (Å²) in [7, 11) is 1.64. The number of amides is 1. The molecule has 1 aliphatic rings. The van der Waals surface area contributed by atoms with E-state index in [9.17, 15) is 4.79 Å². The van der Waals surface area contributed by atoms with Crippen molar-refractivity contribution in [3.63, 3.8) is 0 Å². The Morgan fingerprint density at radius 3 is 2.84 bits per heavy atom. The summed E-state index contributed by atoms with van der Waals surface area (Å²) in [5, 5.41) is 14.8. The molecule has 32 heavy (non-hydrogen) atoms. The van der Waals surface area contributed by atoms with Crippen molar-refractivity contribution in [3.8, 4) is 0 Å². The molecule has 0 saturated carbocycles. The number of benzene rings is 1. The molecule has 1 amide bonds. The lowest BCUT2D eigenvalue weighted by atomic mass is 10.1. The zero-order valence-corrected chi connectivity index (χ0v) is 21.5. The number of aryl methyl sites for hydroxylation is 1. The Kier molecular flexibility index (Phi) is 11.2. The number of anilines is 1. The van der Waals surface area contributed by atoms with Gasteiger partial charge in [-0.25, -0.2) is 9.67 Å². The van der Waals surface area contributed by atoms with Crippen LogP contribution in [0.4, 0.5) is 5.69 Å². The van der Waals surface area contributed by atoms with Gasteiger partial charge in [-0.3, -0.25) is 9.79 Å². The number of hydrogen-bond donors (Lipinski definition) is 3. The lowest BCUT2D eigenvalue weighted by Crippen LogP contribution is -2.47. The fourth-order valence-corrected chi connectivity index (χ4v) is 3.50. The summed E-state index contributed by atoms with van der Waals surface area (Å²) in [4.78, 5) is 21.2. The second-order valence-corrected chi connectivity index (χ2v) is 7.80. The van der Waals surface area contributed by atoms with Gasteiger partial charge in [-0.1, -0.05) is 11.6 Å². The molecule has 0 aliphatic carbocycles. The number of halogens is 2. The largest absolute Gasteiger partial charge is 0.377 e. The van der Waals surface area contributed by atoms with Crippen molar-refractivity contribution in [1.29, 1.82) is 0 Å². The standard InChI is InChI=1S/C21H30ClN7O2.HI/c1-3-23-21(24-12-4-5-20(30)25-16-8-6-15(22)7-9-16)26-17-10-11-19-27-18(14-31-2)28-29(19)13-17;/h6-9,17H,3-5,10-14H2,1-2H3,(H,25,30)(H2,23,24,26);1H. The topological polar surface area (TPSA) is 105 Å². The molecule has 2 aromatic rings. The van der Waals surface area contributed by atoms with Crippen LogP contribution in [0.5, 0.6) is 0 Å². The summed E-state index contributed by atoms with van der Waals surface area (Å²) in [5.74, 6) is 2.44. The van der Waals surface area contributed by atoms with Crippen LogP contribution in [0.3, 0.4) is 0 Å². The Balaban J connectivity index is 0.00000363. The lowest BCUT2D eigenvalue weighted by molar-refractivity contribution is -0.116. The van der Waals surface area contributed by atoms with E-state index >= 15 is 0 Å². The molecule has 9 nitrogen and oxygen atoms in total. The van der Waals surface area contributed by atoms with E-state index < -0.39 is 0 Å². The first-order chi connectivity index (χ1) is 15.1. The third-order valence-electron chi connectivity index (χ3n) is 4.82. The Morgan fingerprint density at radius 1 is 1.34 bits per heavy atom. The van der Waals surface area contributed by atoms with E-state index in [2.05, 4.69) is 31.0 Å². The van der Waals surface area contributed by atoms with Crippen LogP contribution >= 0.6 is 35.6 Å². The minimum Gasteiger partial charge on any atom is -0.377 e. The summed E-state index contributed by atoms with van der Waals surface area (Å²) in [6.07, 6.45) is 2.88. The fraction of sp³-hybridized carbons (Fsp3) is 0.524. The van der Waals surface area contributed by atoms with E-state index in [1.54, 1.807) is 31.4 Å². The maximum absolute atomic E-state index is 12.1. The van der Waals surface area contributed by atoms with Gasteiger partial charge in [0.05, 0.1) is 6.54 Å². The van der Waals surface area contributed by atoms with Crippen LogP contribution in [-0.4, -0.2) is 52.9 Å². The van der Waals surface area contributed by atoms with E-state index in [0.717, 1.165) is 49.2 Å². The number of carbonyl (C=O) groups is 1. The van der Waals surface area contributed by atoms with Gasteiger partial charge < -0.3 is 20.7 Å². The summed E-state index contributed by atoms with van der Waals surface area (Å²) >= 11 is 5.86. The van der Waals surface area contributed by atoms with Gasteiger partial charge >= 0.3 is 0 Å². The highest BCUT2D eigenvalue weighted by atomic mass is 127. The molecule has 0 spiro atoms. The summed E-state index contributed by atoms with van der Waals surface area (Å²) in [6, 6.07) is 7.29. The van der Waals surface area contributed by atoms with Crippen molar-refractivity contribution in [2.75, 3.05) is 25.5 Å². The minimum absolute atomic E-state index is 0. The molecular formula is C21H31ClIN7O2. The van der Waals surface area contributed by atoms with Gasteiger partial charge in [0.15, 0.2) is 11.8 Å². The maximum atomic E-state index is 12.1. The number of nitrogens with zero attached hydrogens (tertiary/aromatic N) is 4. The number of ether oxygens (including phenoxy) is 1. The predicted octanol–water partition coefficient (Wildman–Crippen LogP) is 2.98. The molecule has 0 radical (unpaired) electrons. The zero-order valence-electron chi connectivity index (χ0n) is 18.4. The number of fused-ring (bicyclic) bond motifs is 1. The van der Waals surface area contributed by atoms with Crippen molar-refractivity contribution < 1.29 is 9.53 Å². The number of carbonyl (C=O) groups excluding carboxylic acids is 1.